The van der Waals surface area contributed by atoms with Crippen molar-refractivity contribution in [1.82, 2.24) is 29.9 Å². The van der Waals surface area contributed by atoms with Crippen LogP contribution < -0.4 is 10.6 Å². The third-order valence-corrected chi connectivity index (χ3v) is 7.45. The van der Waals surface area contributed by atoms with E-state index in [0.717, 1.165) is 19.3 Å². The zero-order valence-electron chi connectivity index (χ0n) is 19.2. The predicted molar refractivity (Wildman–Crippen MR) is 121 cm³/mol. The third kappa shape index (κ3) is 4.79. The van der Waals surface area contributed by atoms with E-state index in [1.807, 2.05) is 0 Å². The minimum Gasteiger partial charge on any atom is -0.443 e. The molecule has 198 valence electrons. The molecule has 1 amide bonds. The van der Waals surface area contributed by atoms with Crippen LogP contribution in [0.3, 0.4) is 0 Å². The van der Waals surface area contributed by atoms with Crippen molar-refractivity contribution in [2.45, 2.75) is 68.8 Å². The lowest BCUT2D eigenvalue weighted by Gasteiger charge is -2.61. The summed E-state index contributed by atoms with van der Waals surface area (Å²) in [5.74, 6) is 0.569. The molecule has 0 aromatic carbocycles. The fraction of sp³-hybridized carbons (Fsp3) is 0.545. The zero-order valence-corrected chi connectivity index (χ0v) is 19.9. The number of fused-ring (bicyclic) bond motifs is 1. The zero-order chi connectivity index (χ0) is 25.9. The van der Waals surface area contributed by atoms with Crippen molar-refractivity contribution >= 4 is 35.1 Å². The second kappa shape index (κ2) is 8.72. The predicted octanol–water partition coefficient (Wildman–Crippen LogP) is 4.75. The highest BCUT2D eigenvalue weighted by Crippen LogP contribution is 2.57. The van der Waals surface area contributed by atoms with E-state index in [2.05, 4.69) is 35.5 Å². The molecule has 0 aliphatic heterocycles. The van der Waals surface area contributed by atoms with Gasteiger partial charge in [-0.15, -0.1) is 13.2 Å². The van der Waals surface area contributed by atoms with Crippen molar-refractivity contribution in [2.75, 3.05) is 5.32 Å². The molecular formula is C22H22ClF4N7O3. The van der Waals surface area contributed by atoms with E-state index in [0.29, 0.717) is 24.5 Å². The number of halogens is 5. The largest absolute Gasteiger partial charge is 0.522 e. The van der Waals surface area contributed by atoms with Gasteiger partial charge in [-0.25, -0.2) is 19.2 Å². The number of anilines is 2. The number of alkyl halides is 4. The topological polar surface area (TPSA) is 118 Å². The van der Waals surface area contributed by atoms with Crippen molar-refractivity contribution in [3.8, 4) is 0 Å². The summed E-state index contributed by atoms with van der Waals surface area (Å²) in [5, 5.41) is 12.8. The number of nitrogens with zero attached hydrogens (tertiary/aromatic N) is 4. The Balaban J connectivity index is 1.11. The Hall–Kier alpha value is -3.13. The first kappa shape index (κ1) is 24.2. The summed E-state index contributed by atoms with van der Waals surface area (Å²) in [6.07, 6.45) is -2.57. The first-order valence-corrected chi connectivity index (χ1v) is 12.1. The molecule has 2 bridgehead atoms. The maximum Gasteiger partial charge on any atom is 0.522 e. The van der Waals surface area contributed by atoms with Gasteiger partial charge in [-0.3, -0.25) is 14.2 Å². The molecule has 3 aromatic heterocycles. The van der Waals surface area contributed by atoms with Crippen LogP contribution >= 0.6 is 11.6 Å². The van der Waals surface area contributed by atoms with Crippen LogP contribution in [0.1, 0.15) is 49.4 Å². The van der Waals surface area contributed by atoms with E-state index >= 15 is 4.39 Å². The SMILES string of the molecule is O=C(NC12CC(C1)C2)O[C@H]1CC[C@@H](c2cc(Nc3nc(Cl)cc4nc(COC(F)(F)F)cn34)n[nH]2)[C@@H]1F. The third-order valence-electron chi connectivity index (χ3n) is 7.26. The van der Waals surface area contributed by atoms with Crippen molar-refractivity contribution in [3.63, 3.8) is 0 Å². The Labute approximate surface area is 212 Å². The van der Waals surface area contributed by atoms with E-state index in [4.69, 9.17) is 16.3 Å². The number of hydrogen-bond donors (Lipinski definition) is 3. The minimum atomic E-state index is -4.79. The summed E-state index contributed by atoms with van der Waals surface area (Å²) in [6, 6.07) is 2.98. The number of nitrogens with one attached hydrogen (secondary N) is 3. The lowest BCUT2D eigenvalue weighted by molar-refractivity contribution is -0.330. The van der Waals surface area contributed by atoms with E-state index < -0.39 is 37.3 Å². The first-order valence-electron chi connectivity index (χ1n) is 11.8. The monoisotopic (exact) mass is 543 g/mol. The lowest BCUT2D eigenvalue weighted by atomic mass is 9.50. The average Bonchev–Trinajstić information content (AvgIpc) is 3.47. The van der Waals surface area contributed by atoms with Gasteiger partial charge in [0.1, 0.15) is 23.1 Å². The van der Waals surface area contributed by atoms with Crippen molar-refractivity contribution < 1.29 is 31.8 Å². The number of alkyl carbamates (subject to hydrolysis) is 1. The Morgan fingerprint density at radius 1 is 1.24 bits per heavy atom. The van der Waals surface area contributed by atoms with Crippen LogP contribution in [0.2, 0.25) is 5.15 Å². The van der Waals surface area contributed by atoms with E-state index in [1.54, 1.807) is 6.07 Å². The smallest absolute Gasteiger partial charge is 0.443 e. The Morgan fingerprint density at radius 3 is 2.73 bits per heavy atom. The van der Waals surface area contributed by atoms with Crippen LogP contribution in [-0.4, -0.2) is 54.8 Å². The number of hydrogen-bond acceptors (Lipinski definition) is 7. The number of ether oxygens (including phenoxy) is 2. The summed E-state index contributed by atoms with van der Waals surface area (Å²) >= 11 is 6.05. The average molecular weight is 544 g/mol. The van der Waals surface area contributed by atoms with E-state index in [1.165, 1.54) is 16.7 Å². The highest BCUT2D eigenvalue weighted by Gasteiger charge is 2.58. The van der Waals surface area contributed by atoms with E-state index in [-0.39, 0.29) is 33.8 Å². The molecule has 37 heavy (non-hydrogen) atoms. The Morgan fingerprint density at radius 2 is 2.03 bits per heavy atom. The molecule has 0 unspecified atom stereocenters. The molecule has 3 heterocycles. The Kier molecular flexibility index (Phi) is 5.71. The number of aromatic amines is 1. The van der Waals surface area contributed by atoms with Crippen LogP contribution in [0.4, 0.5) is 34.1 Å². The molecule has 0 saturated heterocycles. The van der Waals surface area contributed by atoms with Crippen LogP contribution in [0.25, 0.3) is 5.65 Å². The van der Waals surface area contributed by atoms with E-state index in [9.17, 15) is 18.0 Å². The fourth-order valence-corrected chi connectivity index (χ4v) is 5.59. The molecule has 3 aromatic rings. The number of rotatable bonds is 7. The van der Waals surface area contributed by atoms with Gasteiger partial charge in [0.25, 0.3) is 0 Å². The molecule has 7 rings (SSSR count). The minimum absolute atomic E-state index is 0.0162. The summed E-state index contributed by atoms with van der Waals surface area (Å²) in [6.45, 7) is -0.781. The molecule has 4 saturated carbocycles. The summed E-state index contributed by atoms with van der Waals surface area (Å²) < 4.78 is 63.0. The van der Waals surface area contributed by atoms with Gasteiger partial charge in [-0.05, 0) is 38.0 Å². The number of imidazole rings is 1. The van der Waals surface area contributed by atoms with Gasteiger partial charge in [-0.2, -0.15) is 5.10 Å². The maximum absolute atomic E-state index is 15.2. The second-order valence-corrected chi connectivity index (χ2v) is 10.3. The van der Waals surface area contributed by atoms with Crippen LogP contribution in [0.5, 0.6) is 0 Å². The van der Waals surface area contributed by atoms with Gasteiger partial charge in [0.15, 0.2) is 5.82 Å². The standard InChI is InChI=1S/C22H22ClF4N7O3/c23-15-4-17-28-11(9-36-22(25,26)27)8-34(17)19(29-15)30-16-3-13(32-33-16)12-1-2-14(18(12)24)37-20(35)31-21-5-10(6-21)7-21/h3-4,8,10,12,14,18H,1-2,5-7,9H2,(H,31,35)(H2,29,30,32,33)/t10?,12-,14-,18-,21?/m0/s1. The molecule has 4 aliphatic carbocycles. The van der Waals surface area contributed by atoms with Crippen LogP contribution in [-0.2, 0) is 16.1 Å². The maximum atomic E-state index is 15.2. The summed E-state index contributed by atoms with van der Waals surface area (Å²) in [4.78, 5) is 20.5. The van der Waals surface area contributed by atoms with Gasteiger partial charge >= 0.3 is 12.5 Å². The molecule has 4 aliphatic rings. The fourth-order valence-electron chi connectivity index (χ4n) is 5.42. The highest BCUT2D eigenvalue weighted by molar-refractivity contribution is 6.29. The Bertz CT molecular complexity index is 1330. The number of carbonyl (C=O) groups excluding carboxylic acids is 1. The first-order chi connectivity index (χ1) is 17.6. The molecule has 0 spiro atoms. The molecule has 10 nitrogen and oxygen atoms in total. The quantitative estimate of drug-likeness (QED) is 0.291. The van der Waals surface area contributed by atoms with Crippen molar-refractivity contribution in [2.24, 2.45) is 5.92 Å². The second-order valence-electron chi connectivity index (χ2n) is 9.89. The molecular weight excluding hydrogens is 522 g/mol. The van der Waals surface area contributed by atoms with Gasteiger partial charge in [0.2, 0.25) is 5.95 Å². The molecule has 3 N–H and O–H groups in total. The van der Waals surface area contributed by atoms with Gasteiger partial charge in [-0.1, -0.05) is 11.6 Å². The number of amides is 1. The normalized spacial score (nSPS) is 28.6. The molecule has 3 atom stereocenters. The van der Waals surface area contributed by atoms with Crippen LogP contribution in [0, 0.1) is 5.92 Å². The summed E-state index contributed by atoms with van der Waals surface area (Å²) in [5.41, 5.74) is 0.624. The van der Waals surface area contributed by atoms with Crippen molar-refractivity contribution in [3.05, 3.63) is 34.9 Å². The van der Waals surface area contributed by atoms with Crippen LogP contribution in [0.15, 0.2) is 18.3 Å². The summed E-state index contributed by atoms with van der Waals surface area (Å²) in [7, 11) is 0. The van der Waals surface area contributed by atoms with Gasteiger partial charge in [0, 0.05) is 35.5 Å². The number of H-pyrrole nitrogens is 1. The van der Waals surface area contributed by atoms with Gasteiger partial charge in [0.05, 0.1) is 12.3 Å². The molecule has 15 heteroatoms. The molecule has 4 fully saturated rings. The number of carbonyl (C=O) groups is 1. The highest BCUT2D eigenvalue weighted by atomic mass is 35.5. The number of aromatic nitrogens is 5. The van der Waals surface area contributed by atoms with Gasteiger partial charge < -0.3 is 15.4 Å². The molecule has 0 radical (unpaired) electrons. The van der Waals surface area contributed by atoms with Crippen molar-refractivity contribution in [1.29, 1.82) is 0 Å². The lowest BCUT2D eigenvalue weighted by Crippen LogP contribution is -2.68.